The van der Waals surface area contributed by atoms with Gasteiger partial charge in [0.2, 0.25) is 0 Å². The van der Waals surface area contributed by atoms with E-state index in [1.165, 1.54) is 12.5 Å². The van der Waals surface area contributed by atoms with Crippen LogP contribution in [0.25, 0.3) is 0 Å². The first-order chi connectivity index (χ1) is 12.1. The van der Waals surface area contributed by atoms with Crippen molar-refractivity contribution in [1.82, 2.24) is 10.6 Å². The van der Waals surface area contributed by atoms with Crippen molar-refractivity contribution in [2.24, 2.45) is 11.5 Å². The fourth-order valence-electron chi connectivity index (χ4n) is 2.28. The van der Waals surface area contributed by atoms with Crippen LogP contribution in [0.1, 0.15) is 26.7 Å². The van der Waals surface area contributed by atoms with Gasteiger partial charge in [-0.15, -0.1) is 0 Å². The number of hydrogen-bond acceptors (Lipinski definition) is 7. The van der Waals surface area contributed by atoms with Crippen molar-refractivity contribution in [3.8, 4) is 0 Å². The Bertz CT molecular complexity index is 241. The number of rotatable bonds is 17. The van der Waals surface area contributed by atoms with Crippen LogP contribution in [0.2, 0.25) is 18.6 Å². The summed E-state index contributed by atoms with van der Waals surface area (Å²) in [5, 5.41) is 6.51. The van der Waals surface area contributed by atoms with Crippen molar-refractivity contribution >= 4 is 18.3 Å². The average molecular weight is 397 g/mol. The molecule has 0 saturated carbocycles. The van der Waals surface area contributed by atoms with Gasteiger partial charge in [-0.05, 0) is 58.4 Å². The molecule has 25 heavy (non-hydrogen) atoms. The van der Waals surface area contributed by atoms with E-state index in [0.29, 0.717) is 6.54 Å². The zero-order chi connectivity index (χ0) is 19.2. The van der Waals surface area contributed by atoms with Crippen LogP contribution in [0, 0.1) is 0 Å². The van der Waals surface area contributed by atoms with Crippen molar-refractivity contribution in [1.29, 1.82) is 0 Å². The highest BCUT2D eigenvalue weighted by Crippen LogP contribution is 2.15. The lowest BCUT2D eigenvalue weighted by Crippen LogP contribution is -2.39. The third-order valence-electron chi connectivity index (χ3n) is 3.48. The highest BCUT2D eigenvalue weighted by atomic mass is 28.4. The first kappa shape index (κ1) is 27.4. The van der Waals surface area contributed by atoms with E-state index >= 15 is 0 Å². The van der Waals surface area contributed by atoms with Crippen LogP contribution >= 0.6 is 0 Å². The second kappa shape index (κ2) is 22.2. The van der Waals surface area contributed by atoms with E-state index in [-0.39, 0.29) is 9.76 Å². The zero-order valence-corrected chi connectivity index (χ0v) is 19.5. The first-order valence-corrected chi connectivity index (χ1v) is 13.8. The number of nitrogens with two attached hydrogens (primary N) is 2. The second-order valence-corrected chi connectivity index (χ2v) is 10.9. The summed E-state index contributed by atoms with van der Waals surface area (Å²) in [6, 6.07) is 2.32. The van der Waals surface area contributed by atoms with Gasteiger partial charge in [-0.3, -0.25) is 0 Å². The maximum Gasteiger partial charge on any atom is 0.334 e. The van der Waals surface area contributed by atoms with Crippen molar-refractivity contribution in [3.63, 3.8) is 0 Å². The maximum absolute atomic E-state index is 5.74. The zero-order valence-electron chi connectivity index (χ0n) is 17.1. The highest BCUT2D eigenvalue weighted by molar-refractivity contribution is 6.66. The lowest BCUT2D eigenvalue weighted by molar-refractivity contribution is 0.188. The monoisotopic (exact) mass is 396 g/mol. The van der Waals surface area contributed by atoms with Crippen LogP contribution in [0.3, 0.4) is 0 Å². The summed E-state index contributed by atoms with van der Waals surface area (Å²) < 4.78 is 16.5. The Morgan fingerprint density at radius 3 is 1.84 bits per heavy atom. The molecule has 9 heteroatoms. The normalized spacial score (nSPS) is 11.8. The van der Waals surface area contributed by atoms with Crippen LogP contribution in [0.4, 0.5) is 0 Å². The molecule has 0 unspecified atom stereocenters. The molecule has 0 bridgehead atoms. The maximum atomic E-state index is 5.74. The molecule has 0 saturated heterocycles. The first-order valence-electron chi connectivity index (χ1n) is 9.68. The summed E-state index contributed by atoms with van der Waals surface area (Å²) in [7, 11) is -0.273. The molecule has 7 nitrogen and oxygen atoms in total. The van der Waals surface area contributed by atoms with E-state index < -0.39 is 8.56 Å². The molecule has 0 aromatic carbocycles. The molecule has 0 radical (unpaired) electrons. The van der Waals surface area contributed by atoms with E-state index in [2.05, 4.69) is 17.2 Å². The summed E-state index contributed by atoms with van der Waals surface area (Å²) in [6.07, 6.45) is 2.34. The molecule has 0 atom stereocenters. The Morgan fingerprint density at radius 1 is 0.880 bits per heavy atom. The molecular formula is C16H44N4O3Si2. The second-order valence-electron chi connectivity index (χ2n) is 5.88. The minimum atomic E-state index is -1.88. The minimum Gasteiger partial charge on any atom is -0.427 e. The van der Waals surface area contributed by atoms with Crippen LogP contribution in [0.5, 0.6) is 0 Å². The summed E-state index contributed by atoms with van der Waals surface area (Å²) in [4.78, 5) is 0. The summed E-state index contributed by atoms with van der Waals surface area (Å²) >= 11 is 0. The molecule has 6 N–H and O–H groups in total. The van der Waals surface area contributed by atoms with Crippen LogP contribution < -0.4 is 22.1 Å². The molecule has 154 valence electrons. The van der Waals surface area contributed by atoms with Crippen molar-refractivity contribution in [3.05, 3.63) is 0 Å². The molecule has 0 rings (SSSR count). The predicted octanol–water partition coefficient (Wildman–Crippen LogP) is 0.143. The fraction of sp³-hybridized carbons (Fsp3) is 1.00. The van der Waals surface area contributed by atoms with Gasteiger partial charge in [0.1, 0.15) is 0 Å². The fourth-order valence-corrected chi connectivity index (χ4v) is 5.44. The van der Waals surface area contributed by atoms with Crippen LogP contribution in [-0.4, -0.2) is 77.9 Å². The topological polar surface area (TPSA) is 104 Å². The van der Waals surface area contributed by atoms with Gasteiger partial charge < -0.3 is 35.4 Å². The van der Waals surface area contributed by atoms with Crippen molar-refractivity contribution in [2.45, 2.75) is 45.3 Å². The summed E-state index contributed by atoms with van der Waals surface area (Å²) in [5.74, 6) is 0. The third-order valence-corrected chi connectivity index (χ3v) is 7.74. The molecule has 0 amide bonds. The van der Waals surface area contributed by atoms with Crippen LogP contribution in [-0.2, 0) is 13.3 Å². The van der Waals surface area contributed by atoms with Gasteiger partial charge in [-0.2, -0.15) is 0 Å². The molecule has 0 aliphatic heterocycles. The average Bonchev–Trinajstić information content (AvgIpc) is 2.59. The number of nitrogens with one attached hydrogen (secondary N) is 2. The Morgan fingerprint density at radius 2 is 1.40 bits per heavy atom. The van der Waals surface area contributed by atoms with E-state index in [9.17, 15) is 0 Å². The molecule has 0 aliphatic carbocycles. The van der Waals surface area contributed by atoms with Crippen molar-refractivity contribution < 1.29 is 13.3 Å². The van der Waals surface area contributed by atoms with Crippen molar-refractivity contribution in [2.75, 3.05) is 59.6 Å². The molecular weight excluding hydrogens is 352 g/mol. The Balaban J connectivity index is 0. The van der Waals surface area contributed by atoms with Gasteiger partial charge in [0, 0.05) is 46.5 Å². The van der Waals surface area contributed by atoms with E-state index in [0.717, 1.165) is 58.4 Å². The summed E-state index contributed by atoms with van der Waals surface area (Å²) in [6.45, 7) is 13.0. The standard InChI is InChI=1S/C10H26N2O2Si.C6H18N2OSi/c1-4-13-15(3,14-5-2)10-6-8-12-9-7-11;1-9-10-6-2-4-8-5-3-7/h12H,4-11H2,1-3H3;8H,2-7,10H2,1H3. The third kappa shape index (κ3) is 22.1. The van der Waals surface area contributed by atoms with E-state index in [1.807, 2.05) is 13.8 Å². The van der Waals surface area contributed by atoms with Gasteiger partial charge >= 0.3 is 8.56 Å². The Hall–Kier alpha value is 0.154. The molecule has 0 heterocycles. The van der Waals surface area contributed by atoms with Gasteiger partial charge in [-0.25, -0.2) is 0 Å². The Labute approximate surface area is 159 Å². The van der Waals surface area contributed by atoms with Gasteiger partial charge in [0.25, 0.3) is 0 Å². The van der Waals surface area contributed by atoms with Gasteiger partial charge in [0.05, 0.1) is 0 Å². The van der Waals surface area contributed by atoms with Gasteiger partial charge in [-0.1, -0.05) is 0 Å². The molecule has 0 aromatic rings. The molecule has 0 spiro atoms. The lowest BCUT2D eigenvalue weighted by Gasteiger charge is -2.25. The van der Waals surface area contributed by atoms with E-state index in [4.69, 9.17) is 24.7 Å². The molecule has 0 aromatic heterocycles. The largest absolute Gasteiger partial charge is 0.427 e. The smallest absolute Gasteiger partial charge is 0.334 e. The highest BCUT2D eigenvalue weighted by Gasteiger charge is 2.29. The minimum absolute atomic E-state index is 0.184. The molecule has 0 aliphatic rings. The van der Waals surface area contributed by atoms with E-state index in [1.54, 1.807) is 7.11 Å². The lowest BCUT2D eigenvalue weighted by atomic mass is 10.5. The predicted molar refractivity (Wildman–Crippen MR) is 113 cm³/mol. The Kier molecular flexibility index (Phi) is 24.3. The quantitative estimate of drug-likeness (QED) is 0.205. The number of hydrogen-bond donors (Lipinski definition) is 4. The van der Waals surface area contributed by atoms with Crippen LogP contribution in [0.15, 0.2) is 0 Å². The SMILES string of the molecule is CCO[Si](C)(CCCNCCN)OCC.CO[SiH2]CCCNCCN. The summed E-state index contributed by atoms with van der Waals surface area (Å²) in [5.41, 5.74) is 10.7. The molecule has 0 fully saturated rings. The van der Waals surface area contributed by atoms with Gasteiger partial charge in [0.15, 0.2) is 9.76 Å².